The summed E-state index contributed by atoms with van der Waals surface area (Å²) in [5, 5.41) is 0. The van der Waals surface area contributed by atoms with E-state index in [-0.39, 0.29) is 6.04 Å². The maximum Gasteiger partial charge on any atom is 0.211 e. The number of nitrogens with zero attached hydrogens (tertiary/aromatic N) is 4. The molecule has 0 saturated carbocycles. The quantitative estimate of drug-likeness (QED) is 0.815. The zero-order chi connectivity index (χ0) is 13.9. The van der Waals surface area contributed by atoms with Crippen LogP contribution in [-0.4, -0.2) is 54.6 Å². The van der Waals surface area contributed by atoms with Crippen LogP contribution in [0.1, 0.15) is 19.8 Å². The van der Waals surface area contributed by atoms with Crippen LogP contribution in [0.4, 0.5) is 5.82 Å². The van der Waals surface area contributed by atoms with Gasteiger partial charge in [0.15, 0.2) is 0 Å². The van der Waals surface area contributed by atoms with E-state index in [0.29, 0.717) is 6.54 Å². The van der Waals surface area contributed by atoms with Crippen LogP contribution in [0.2, 0.25) is 0 Å². The largest absolute Gasteiger partial charge is 0.355 e. The van der Waals surface area contributed by atoms with Gasteiger partial charge in [-0.1, -0.05) is 6.92 Å². The Kier molecular flexibility index (Phi) is 4.36. The molecule has 1 aliphatic heterocycles. The number of anilines is 1. The highest BCUT2D eigenvalue weighted by atomic mass is 32.2. The van der Waals surface area contributed by atoms with Gasteiger partial charge in [0.05, 0.1) is 12.5 Å². The fourth-order valence-electron chi connectivity index (χ4n) is 2.60. The first kappa shape index (κ1) is 14.2. The second-order valence-electron chi connectivity index (χ2n) is 4.75. The molecule has 0 N–H and O–H groups in total. The summed E-state index contributed by atoms with van der Waals surface area (Å²) in [6, 6.07) is 0.105. The lowest BCUT2D eigenvalue weighted by molar-refractivity contribution is 0.285. The number of rotatable bonds is 4. The van der Waals surface area contributed by atoms with E-state index in [1.807, 2.05) is 6.92 Å². The topological polar surface area (TPSA) is 66.4 Å². The van der Waals surface area contributed by atoms with E-state index >= 15 is 0 Å². The molecule has 2 rings (SSSR count). The summed E-state index contributed by atoms with van der Waals surface area (Å²) in [7, 11) is -3.11. The Morgan fingerprint density at radius 1 is 1.37 bits per heavy atom. The molecule has 19 heavy (non-hydrogen) atoms. The molecule has 0 unspecified atom stereocenters. The first-order valence-corrected chi connectivity index (χ1v) is 8.35. The number of sulfonamides is 1. The minimum atomic E-state index is -3.11. The van der Waals surface area contributed by atoms with Crippen LogP contribution in [0.5, 0.6) is 0 Å². The third-order valence-corrected chi connectivity index (χ3v) is 4.89. The van der Waals surface area contributed by atoms with Crippen molar-refractivity contribution in [2.24, 2.45) is 0 Å². The lowest BCUT2D eigenvalue weighted by Crippen LogP contribution is -2.47. The first-order chi connectivity index (χ1) is 9.02. The second kappa shape index (κ2) is 5.83. The fourth-order valence-corrected chi connectivity index (χ4v) is 3.82. The minimum absolute atomic E-state index is 0.105. The molecule has 0 aromatic carbocycles. The molecular formula is C12H20N4O2S. The Balaban J connectivity index is 1.99. The smallest absolute Gasteiger partial charge is 0.211 e. The molecule has 106 valence electrons. The maximum absolute atomic E-state index is 11.7. The summed E-state index contributed by atoms with van der Waals surface area (Å²) in [6.45, 7) is 4.05. The molecule has 1 saturated heterocycles. The zero-order valence-corrected chi connectivity index (χ0v) is 12.2. The second-order valence-corrected chi connectivity index (χ2v) is 6.68. The SMILES string of the molecule is CCN(C1CCN(c2cnccn2)CC1)S(C)(=O)=O. The molecule has 1 aromatic rings. The summed E-state index contributed by atoms with van der Waals surface area (Å²) in [5.74, 6) is 0.864. The van der Waals surface area contributed by atoms with Crippen molar-refractivity contribution in [2.45, 2.75) is 25.8 Å². The summed E-state index contributed by atoms with van der Waals surface area (Å²) in [5.41, 5.74) is 0. The average molecular weight is 284 g/mol. The Morgan fingerprint density at radius 2 is 2.05 bits per heavy atom. The third kappa shape index (κ3) is 3.42. The van der Waals surface area contributed by atoms with E-state index in [1.165, 1.54) is 6.26 Å². The van der Waals surface area contributed by atoms with E-state index in [9.17, 15) is 8.42 Å². The van der Waals surface area contributed by atoms with Gasteiger partial charge in [-0.15, -0.1) is 0 Å². The lowest BCUT2D eigenvalue weighted by Gasteiger charge is -2.37. The van der Waals surface area contributed by atoms with Crippen molar-refractivity contribution in [1.82, 2.24) is 14.3 Å². The van der Waals surface area contributed by atoms with Gasteiger partial charge in [-0.05, 0) is 12.8 Å². The minimum Gasteiger partial charge on any atom is -0.355 e. The van der Waals surface area contributed by atoms with Crippen molar-refractivity contribution in [3.05, 3.63) is 18.6 Å². The van der Waals surface area contributed by atoms with Crippen LogP contribution in [0.15, 0.2) is 18.6 Å². The highest BCUT2D eigenvalue weighted by molar-refractivity contribution is 7.88. The Labute approximate surface area is 114 Å². The third-order valence-electron chi connectivity index (χ3n) is 3.48. The monoisotopic (exact) mass is 284 g/mol. The van der Waals surface area contributed by atoms with Gasteiger partial charge in [-0.2, -0.15) is 4.31 Å². The number of hydrogen-bond donors (Lipinski definition) is 0. The predicted octanol–water partition coefficient (Wildman–Crippen LogP) is 0.727. The molecule has 6 nitrogen and oxygen atoms in total. The highest BCUT2D eigenvalue weighted by Crippen LogP contribution is 2.21. The molecule has 0 radical (unpaired) electrons. The normalized spacial score (nSPS) is 17.9. The Hall–Kier alpha value is -1.21. The Bertz CT molecular complexity index is 498. The van der Waals surface area contributed by atoms with Crippen LogP contribution in [0.25, 0.3) is 0 Å². The molecule has 0 spiro atoms. The molecular weight excluding hydrogens is 264 g/mol. The molecule has 0 amide bonds. The molecule has 1 aliphatic rings. The molecule has 2 heterocycles. The summed E-state index contributed by atoms with van der Waals surface area (Å²) in [6.07, 6.45) is 8.02. The van der Waals surface area contributed by atoms with Crippen molar-refractivity contribution < 1.29 is 8.42 Å². The molecule has 0 bridgehead atoms. The van der Waals surface area contributed by atoms with Crippen molar-refractivity contribution >= 4 is 15.8 Å². The van der Waals surface area contributed by atoms with Crippen LogP contribution in [0.3, 0.4) is 0 Å². The molecule has 0 atom stereocenters. The van der Waals surface area contributed by atoms with Gasteiger partial charge >= 0.3 is 0 Å². The number of hydrogen-bond acceptors (Lipinski definition) is 5. The molecule has 0 aliphatic carbocycles. The van der Waals surface area contributed by atoms with Crippen LogP contribution < -0.4 is 4.90 Å². The van der Waals surface area contributed by atoms with Crippen LogP contribution >= 0.6 is 0 Å². The first-order valence-electron chi connectivity index (χ1n) is 6.50. The van der Waals surface area contributed by atoms with Crippen molar-refractivity contribution in [3.8, 4) is 0 Å². The number of aromatic nitrogens is 2. The van der Waals surface area contributed by atoms with Gasteiger partial charge in [-0.25, -0.2) is 13.4 Å². The van der Waals surface area contributed by atoms with E-state index in [4.69, 9.17) is 0 Å². The van der Waals surface area contributed by atoms with E-state index in [2.05, 4.69) is 14.9 Å². The maximum atomic E-state index is 11.7. The van der Waals surface area contributed by atoms with Crippen LogP contribution in [0, 0.1) is 0 Å². The molecule has 7 heteroatoms. The van der Waals surface area contributed by atoms with E-state index in [0.717, 1.165) is 31.7 Å². The molecule has 1 aromatic heterocycles. The van der Waals surface area contributed by atoms with Gasteiger partial charge in [0, 0.05) is 38.1 Å². The average Bonchev–Trinajstić information content (AvgIpc) is 2.40. The fraction of sp³-hybridized carbons (Fsp3) is 0.667. The van der Waals surface area contributed by atoms with Gasteiger partial charge in [-0.3, -0.25) is 4.98 Å². The van der Waals surface area contributed by atoms with Crippen molar-refractivity contribution in [3.63, 3.8) is 0 Å². The Morgan fingerprint density at radius 3 is 2.53 bits per heavy atom. The van der Waals surface area contributed by atoms with Crippen LogP contribution in [-0.2, 0) is 10.0 Å². The van der Waals surface area contributed by atoms with Gasteiger partial charge in [0.1, 0.15) is 5.82 Å². The van der Waals surface area contributed by atoms with Gasteiger partial charge in [0.2, 0.25) is 10.0 Å². The predicted molar refractivity (Wildman–Crippen MR) is 74.5 cm³/mol. The van der Waals surface area contributed by atoms with Gasteiger partial charge < -0.3 is 4.90 Å². The van der Waals surface area contributed by atoms with E-state index in [1.54, 1.807) is 22.9 Å². The number of piperidine rings is 1. The zero-order valence-electron chi connectivity index (χ0n) is 11.4. The summed E-state index contributed by atoms with van der Waals surface area (Å²) < 4.78 is 25.0. The summed E-state index contributed by atoms with van der Waals surface area (Å²) >= 11 is 0. The summed E-state index contributed by atoms with van der Waals surface area (Å²) in [4.78, 5) is 10.5. The van der Waals surface area contributed by atoms with E-state index < -0.39 is 10.0 Å². The highest BCUT2D eigenvalue weighted by Gasteiger charge is 2.29. The molecule has 1 fully saturated rings. The van der Waals surface area contributed by atoms with Gasteiger partial charge in [0.25, 0.3) is 0 Å². The van der Waals surface area contributed by atoms with Crippen molar-refractivity contribution in [2.75, 3.05) is 30.8 Å². The lowest BCUT2D eigenvalue weighted by atomic mass is 10.1. The standard InChI is InChI=1S/C12H20N4O2S/c1-3-16(19(2,17)18)11-4-8-15(9-5-11)12-10-13-6-7-14-12/h6-7,10-11H,3-5,8-9H2,1-2H3. The van der Waals surface area contributed by atoms with Crippen molar-refractivity contribution in [1.29, 1.82) is 0 Å².